The quantitative estimate of drug-likeness (QED) is 0.296. The van der Waals surface area contributed by atoms with Crippen LogP contribution in [0.25, 0.3) is 0 Å². The van der Waals surface area contributed by atoms with Crippen molar-refractivity contribution in [1.29, 1.82) is 0 Å². The molecule has 9 heteroatoms. The van der Waals surface area contributed by atoms with E-state index >= 15 is 0 Å². The summed E-state index contributed by atoms with van der Waals surface area (Å²) in [4.78, 5) is 42.8. The van der Waals surface area contributed by atoms with Gasteiger partial charge in [-0.1, -0.05) is 51.4 Å². The topological polar surface area (TPSA) is 84.9 Å². The molecule has 2 aromatic carbocycles. The van der Waals surface area contributed by atoms with E-state index in [4.69, 9.17) is 21.1 Å². The van der Waals surface area contributed by atoms with Crippen LogP contribution in [0.3, 0.4) is 0 Å². The second-order valence-corrected chi connectivity index (χ2v) is 14.7. The van der Waals surface area contributed by atoms with E-state index in [2.05, 4.69) is 67.4 Å². The van der Waals surface area contributed by atoms with E-state index in [1.165, 1.54) is 0 Å². The smallest absolute Gasteiger partial charge is 0.262 e. The van der Waals surface area contributed by atoms with E-state index in [0.717, 1.165) is 40.9 Å². The molecule has 0 atom stereocenters. The first kappa shape index (κ1) is 31.6. The summed E-state index contributed by atoms with van der Waals surface area (Å²) in [6, 6.07) is 10.8. The van der Waals surface area contributed by atoms with E-state index < -0.39 is 5.92 Å². The predicted molar refractivity (Wildman–Crippen MR) is 177 cm³/mol. The summed E-state index contributed by atoms with van der Waals surface area (Å²) in [5, 5.41) is 3.20. The SMILES string of the molecule is CCN1C2=C(C(=O)CC(C)(C)C2)C(c2cc(I)c(OCC(=O)Nc3ccccc3Cl)c(OC)c2)C2=C1CC(C)(C)CC2=O. The molecule has 1 amide bonds. The number of hydrogen-bond donors (Lipinski definition) is 1. The van der Waals surface area contributed by atoms with Gasteiger partial charge in [0.1, 0.15) is 0 Å². The molecule has 5 rings (SSSR count). The summed E-state index contributed by atoms with van der Waals surface area (Å²) in [5.41, 5.74) is 4.47. The Morgan fingerprint density at radius 1 is 1.00 bits per heavy atom. The zero-order valence-corrected chi connectivity index (χ0v) is 28.4. The Morgan fingerprint density at radius 3 is 2.12 bits per heavy atom. The van der Waals surface area contributed by atoms with Crippen LogP contribution in [0.4, 0.5) is 5.69 Å². The number of ketones is 2. The zero-order chi connectivity index (χ0) is 31.3. The van der Waals surface area contributed by atoms with Crippen LogP contribution in [-0.2, 0) is 14.4 Å². The van der Waals surface area contributed by atoms with Gasteiger partial charge in [0.05, 0.1) is 21.4 Å². The molecule has 2 aliphatic carbocycles. The van der Waals surface area contributed by atoms with Gasteiger partial charge in [-0.3, -0.25) is 14.4 Å². The molecule has 1 N–H and O–H groups in total. The van der Waals surface area contributed by atoms with Crippen LogP contribution in [0.2, 0.25) is 5.02 Å². The number of Topliss-reactive ketones (excluding diaryl/α,β-unsaturated/α-hetero) is 2. The predicted octanol–water partition coefficient (Wildman–Crippen LogP) is 7.68. The standard InChI is InChI=1S/C34H38ClIN2O5/c1-7-38-23-14-33(2,3)16-25(39)30(23)29(31-24(38)15-34(4,5)17-26(31)40)19-12-21(36)32(27(13-19)42-6)43-18-28(41)37-22-11-9-8-10-20(22)35/h8-13,29H,7,14-18H2,1-6H3,(H,37,41). The Bertz CT molecular complexity index is 1520. The lowest BCUT2D eigenvalue weighted by Gasteiger charge is -2.49. The van der Waals surface area contributed by atoms with Crippen molar-refractivity contribution >= 4 is 57.4 Å². The monoisotopic (exact) mass is 716 g/mol. The summed E-state index contributed by atoms with van der Waals surface area (Å²) in [6.45, 7) is 11.1. The number of rotatable bonds is 7. The first-order valence-electron chi connectivity index (χ1n) is 14.6. The number of amides is 1. The van der Waals surface area contributed by atoms with Crippen LogP contribution in [0.15, 0.2) is 58.9 Å². The number of nitrogens with zero attached hydrogens (tertiary/aromatic N) is 1. The van der Waals surface area contributed by atoms with Gasteiger partial charge in [0.15, 0.2) is 29.7 Å². The largest absolute Gasteiger partial charge is 0.493 e. The highest BCUT2D eigenvalue weighted by Gasteiger charge is 2.48. The van der Waals surface area contributed by atoms with Crippen molar-refractivity contribution in [1.82, 2.24) is 4.90 Å². The lowest BCUT2D eigenvalue weighted by Crippen LogP contribution is -2.44. The molecule has 7 nitrogen and oxygen atoms in total. The molecule has 0 bridgehead atoms. The molecule has 0 saturated heterocycles. The number of nitrogens with one attached hydrogen (secondary N) is 1. The molecule has 0 aromatic heterocycles. The fraction of sp³-hybridized carbons (Fsp3) is 0.441. The summed E-state index contributed by atoms with van der Waals surface area (Å²) in [6.07, 6.45) is 2.38. The molecule has 0 fully saturated rings. The maximum absolute atomic E-state index is 13.9. The summed E-state index contributed by atoms with van der Waals surface area (Å²) in [5.74, 6) is 0.177. The number of carbonyl (C=O) groups excluding carboxylic acids is 3. The molecule has 3 aliphatic rings. The number of benzene rings is 2. The van der Waals surface area contributed by atoms with Gasteiger partial charge in [-0.25, -0.2) is 0 Å². The second-order valence-electron chi connectivity index (χ2n) is 13.1. The summed E-state index contributed by atoms with van der Waals surface area (Å²) >= 11 is 8.35. The molecule has 228 valence electrons. The van der Waals surface area contributed by atoms with Crippen LogP contribution < -0.4 is 14.8 Å². The molecule has 1 aliphatic heterocycles. The van der Waals surface area contributed by atoms with Gasteiger partial charge in [0, 0.05) is 47.8 Å². The number of hydrogen-bond acceptors (Lipinski definition) is 6. The number of carbonyl (C=O) groups is 3. The van der Waals surface area contributed by atoms with Crippen LogP contribution in [0.1, 0.15) is 71.8 Å². The first-order valence-corrected chi connectivity index (χ1v) is 16.1. The van der Waals surface area contributed by atoms with E-state index in [0.29, 0.717) is 45.2 Å². The molecule has 1 heterocycles. The van der Waals surface area contributed by atoms with Crippen LogP contribution >= 0.6 is 34.2 Å². The van der Waals surface area contributed by atoms with Crippen LogP contribution in [-0.4, -0.2) is 42.6 Å². The average Bonchev–Trinajstić information content (AvgIpc) is 2.91. The minimum atomic E-state index is -0.486. The van der Waals surface area contributed by atoms with Gasteiger partial charge in [-0.05, 0) is 83.0 Å². The normalized spacial score (nSPS) is 19.7. The van der Waals surface area contributed by atoms with Crippen molar-refractivity contribution in [2.24, 2.45) is 10.8 Å². The lowest BCUT2D eigenvalue weighted by molar-refractivity contribution is -0.120. The van der Waals surface area contributed by atoms with Gasteiger partial charge in [-0.15, -0.1) is 0 Å². The fourth-order valence-corrected chi connectivity index (χ4v) is 7.66. The highest BCUT2D eigenvalue weighted by molar-refractivity contribution is 14.1. The molecular weight excluding hydrogens is 679 g/mol. The van der Waals surface area contributed by atoms with E-state index in [1.54, 1.807) is 31.4 Å². The Balaban J connectivity index is 1.56. The van der Waals surface area contributed by atoms with Crippen molar-refractivity contribution in [2.75, 3.05) is 25.6 Å². The first-order chi connectivity index (χ1) is 20.2. The van der Waals surface area contributed by atoms with Gasteiger partial charge in [0.2, 0.25) is 0 Å². The number of anilines is 1. The van der Waals surface area contributed by atoms with Crippen molar-refractivity contribution < 1.29 is 23.9 Å². The molecule has 0 saturated carbocycles. The van der Waals surface area contributed by atoms with Crippen molar-refractivity contribution in [3.05, 3.63) is 73.1 Å². The molecule has 0 spiro atoms. The Labute approximate surface area is 272 Å². The number of para-hydroxylation sites is 1. The molecule has 0 unspecified atom stereocenters. The average molecular weight is 717 g/mol. The number of methoxy groups -OCH3 is 1. The van der Waals surface area contributed by atoms with E-state index in [-0.39, 0.29) is 34.9 Å². The van der Waals surface area contributed by atoms with Gasteiger partial charge < -0.3 is 19.7 Å². The lowest BCUT2D eigenvalue weighted by atomic mass is 9.63. The minimum absolute atomic E-state index is 0.0874. The number of allylic oxidation sites excluding steroid dienone is 4. The number of halogens is 2. The summed E-state index contributed by atoms with van der Waals surface area (Å²) in [7, 11) is 1.55. The molecule has 2 aromatic rings. The number of ether oxygens (including phenoxy) is 2. The fourth-order valence-electron chi connectivity index (χ4n) is 6.70. The molecule has 0 radical (unpaired) electrons. The zero-order valence-electron chi connectivity index (χ0n) is 25.5. The molecular formula is C34H38ClIN2O5. The van der Waals surface area contributed by atoms with Crippen molar-refractivity contribution in [2.45, 2.75) is 66.2 Å². The van der Waals surface area contributed by atoms with E-state index in [9.17, 15) is 14.4 Å². The highest BCUT2D eigenvalue weighted by atomic mass is 127. The second kappa shape index (κ2) is 11.9. The van der Waals surface area contributed by atoms with Crippen LogP contribution in [0, 0.1) is 14.4 Å². The molecule has 43 heavy (non-hydrogen) atoms. The highest BCUT2D eigenvalue weighted by Crippen LogP contribution is 2.55. The van der Waals surface area contributed by atoms with Crippen molar-refractivity contribution in [3.8, 4) is 11.5 Å². The maximum atomic E-state index is 13.9. The Hall–Kier alpha value is -2.85. The van der Waals surface area contributed by atoms with Gasteiger partial charge >= 0.3 is 0 Å². The minimum Gasteiger partial charge on any atom is -0.493 e. The van der Waals surface area contributed by atoms with Gasteiger partial charge in [-0.2, -0.15) is 0 Å². The third-order valence-electron chi connectivity index (χ3n) is 8.42. The van der Waals surface area contributed by atoms with E-state index in [1.807, 2.05) is 12.1 Å². The van der Waals surface area contributed by atoms with Gasteiger partial charge in [0.25, 0.3) is 5.91 Å². The third kappa shape index (κ3) is 6.23. The third-order valence-corrected chi connectivity index (χ3v) is 9.55. The van der Waals surface area contributed by atoms with Crippen molar-refractivity contribution in [3.63, 3.8) is 0 Å². The van der Waals surface area contributed by atoms with Crippen LogP contribution in [0.5, 0.6) is 11.5 Å². The summed E-state index contributed by atoms with van der Waals surface area (Å²) < 4.78 is 12.4. The Kier molecular flexibility index (Phi) is 8.75. The Morgan fingerprint density at radius 2 is 1.58 bits per heavy atom. The maximum Gasteiger partial charge on any atom is 0.262 e.